The molecule has 3 nitrogen and oxygen atoms in total. The smallest absolute Gasteiger partial charge is 0.135 e. The lowest BCUT2D eigenvalue weighted by atomic mass is 9.99. The van der Waals surface area contributed by atoms with Crippen LogP contribution in [0.4, 0.5) is 17.1 Å². The van der Waals surface area contributed by atoms with Crippen molar-refractivity contribution in [3.63, 3.8) is 0 Å². The molecule has 10 aromatic carbocycles. The second-order valence-electron chi connectivity index (χ2n) is 16.2. The number of fused-ring (bicyclic) bond motifs is 6. The number of aromatic nitrogens is 1. The van der Waals surface area contributed by atoms with Crippen molar-refractivity contribution < 1.29 is 4.42 Å². The van der Waals surface area contributed by atoms with Crippen LogP contribution < -0.4 is 4.90 Å². The van der Waals surface area contributed by atoms with Gasteiger partial charge in [0.25, 0.3) is 0 Å². The molecule has 0 radical (unpaired) electrons. The largest absolute Gasteiger partial charge is 0.456 e. The standard InChI is InChI=1S/C60H40N2O/c1-4-12-41(13-5-1)43-20-22-44(23-21-43)45-24-30-50(31-25-45)61(52-34-35-58-54(40-52)53-18-10-11-19-57(53)62(58)49-16-8-3-9-17-49)51-32-26-46(27-33-51)48-29-37-60-56(39-48)55-38-47(28-36-59(55)63-60)42-14-6-2-7-15-42/h1-40H. The minimum absolute atomic E-state index is 0.890. The van der Waals surface area contributed by atoms with Gasteiger partial charge >= 0.3 is 0 Å². The lowest BCUT2D eigenvalue weighted by molar-refractivity contribution is 0.669. The molecule has 63 heavy (non-hydrogen) atoms. The van der Waals surface area contributed by atoms with E-state index >= 15 is 0 Å². The molecule has 0 aliphatic heterocycles. The van der Waals surface area contributed by atoms with Gasteiger partial charge in [0.2, 0.25) is 0 Å². The molecular formula is C60H40N2O. The lowest BCUT2D eigenvalue weighted by Crippen LogP contribution is -2.10. The Labute approximate surface area is 366 Å². The molecule has 0 N–H and O–H groups in total. The highest BCUT2D eigenvalue weighted by atomic mass is 16.3. The van der Waals surface area contributed by atoms with Gasteiger partial charge in [-0.05, 0) is 129 Å². The third-order valence-electron chi connectivity index (χ3n) is 12.4. The average molecular weight is 805 g/mol. The number of nitrogens with zero attached hydrogens (tertiary/aromatic N) is 2. The summed E-state index contributed by atoms with van der Waals surface area (Å²) in [5.41, 5.74) is 18.0. The van der Waals surface area contributed by atoms with Crippen molar-refractivity contribution in [2.24, 2.45) is 0 Å². The summed E-state index contributed by atoms with van der Waals surface area (Å²) in [5, 5.41) is 4.67. The topological polar surface area (TPSA) is 21.3 Å². The van der Waals surface area contributed by atoms with Gasteiger partial charge in [0.1, 0.15) is 11.2 Å². The first kappa shape index (κ1) is 36.5. The Bertz CT molecular complexity index is 3570. The molecule has 0 atom stereocenters. The molecule has 0 amide bonds. The van der Waals surface area contributed by atoms with Crippen LogP contribution in [0.25, 0.3) is 93.9 Å². The number of anilines is 3. The van der Waals surface area contributed by atoms with E-state index < -0.39 is 0 Å². The Morgan fingerprint density at radius 2 is 0.667 bits per heavy atom. The number of furan rings is 1. The van der Waals surface area contributed by atoms with E-state index in [1.807, 2.05) is 0 Å². The van der Waals surface area contributed by atoms with Gasteiger partial charge in [-0.3, -0.25) is 0 Å². The minimum atomic E-state index is 0.890. The molecule has 0 unspecified atom stereocenters. The highest BCUT2D eigenvalue weighted by Gasteiger charge is 2.18. The van der Waals surface area contributed by atoms with Gasteiger partial charge < -0.3 is 13.9 Å². The van der Waals surface area contributed by atoms with Crippen molar-refractivity contribution in [2.75, 3.05) is 4.90 Å². The lowest BCUT2D eigenvalue weighted by Gasteiger charge is -2.26. The van der Waals surface area contributed by atoms with Gasteiger partial charge in [0.15, 0.2) is 0 Å². The molecule has 0 bridgehead atoms. The van der Waals surface area contributed by atoms with Crippen LogP contribution in [0.1, 0.15) is 0 Å². The van der Waals surface area contributed by atoms with E-state index in [2.05, 4.69) is 252 Å². The maximum absolute atomic E-state index is 6.32. The number of rotatable bonds is 8. The van der Waals surface area contributed by atoms with E-state index in [0.717, 1.165) is 55.8 Å². The highest BCUT2D eigenvalue weighted by Crippen LogP contribution is 2.42. The first-order valence-corrected chi connectivity index (χ1v) is 21.5. The Balaban J connectivity index is 0.945. The molecular weight excluding hydrogens is 765 g/mol. The maximum Gasteiger partial charge on any atom is 0.135 e. The summed E-state index contributed by atoms with van der Waals surface area (Å²) in [6.45, 7) is 0. The second-order valence-corrected chi connectivity index (χ2v) is 16.2. The van der Waals surface area contributed by atoms with Gasteiger partial charge in [0.05, 0.1) is 11.0 Å². The first-order valence-electron chi connectivity index (χ1n) is 21.5. The number of hydrogen-bond donors (Lipinski definition) is 0. The molecule has 0 spiro atoms. The summed E-state index contributed by atoms with van der Waals surface area (Å²) < 4.78 is 8.69. The molecule has 12 rings (SSSR count). The number of benzene rings is 10. The molecule has 0 saturated heterocycles. The van der Waals surface area contributed by atoms with Crippen LogP contribution >= 0.6 is 0 Å². The SMILES string of the molecule is c1ccc(-c2ccc(-c3ccc(N(c4ccc(-c5ccc6oc7ccc(-c8ccccc8)cc7c6c5)cc4)c4ccc5c(c4)c4ccccc4n5-c4ccccc4)cc3)cc2)cc1. The summed E-state index contributed by atoms with van der Waals surface area (Å²) in [4.78, 5) is 2.37. The summed E-state index contributed by atoms with van der Waals surface area (Å²) in [5.74, 6) is 0. The predicted octanol–water partition coefficient (Wildman–Crippen LogP) is 16.8. The van der Waals surface area contributed by atoms with E-state index in [0.29, 0.717) is 0 Å². The van der Waals surface area contributed by atoms with Crippen LogP contribution in [0.2, 0.25) is 0 Å². The predicted molar refractivity (Wildman–Crippen MR) is 264 cm³/mol. The molecule has 0 fully saturated rings. The Hall–Kier alpha value is -8.40. The van der Waals surface area contributed by atoms with Gasteiger partial charge in [-0.2, -0.15) is 0 Å². The third kappa shape index (κ3) is 6.55. The maximum atomic E-state index is 6.32. The van der Waals surface area contributed by atoms with Crippen LogP contribution in [0, 0.1) is 0 Å². The monoisotopic (exact) mass is 804 g/mol. The van der Waals surface area contributed by atoms with Gasteiger partial charge in [-0.15, -0.1) is 0 Å². The van der Waals surface area contributed by atoms with Crippen LogP contribution in [0.15, 0.2) is 247 Å². The van der Waals surface area contributed by atoms with Crippen molar-refractivity contribution in [3.05, 3.63) is 243 Å². The molecule has 0 aliphatic carbocycles. The Morgan fingerprint density at radius 1 is 0.270 bits per heavy atom. The van der Waals surface area contributed by atoms with Gasteiger partial charge in [-0.1, -0.05) is 158 Å². The third-order valence-corrected chi connectivity index (χ3v) is 12.4. The number of hydrogen-bond acceptors (Lipinski definition) is 2. The van der Waals surface area contributed by atoms with Crippen LogP contribution in [-0.4, -0.2) is 4.57 Å². The fraction of sp³-hybridized carbons (Fsp3) is 0. The summed E-state index contributed by atoms with van der Waals surface area (Å²) >= 11 is 0. The van der Waals surface area contributed by atoms with Crippen molar-refractivity contribution in [1.82, 2.24) is 4.57 Å². The summed E-state index contributed by atoms with van der Waals surface area (Å²) in [7, 11) is 0. The molecule has 3 heteroatoms. The molecule has 12 aromatic rings. The van der Waals surface area contributed by atoms with Crippen LogP contribution in [0.3, 0.4) is 0 Å². The zero-order chi connectivity index (χ0) is 41.7. The molecule has 2 aromatic heterocycles. The molecule has 0 aliphatic rings. The van der Waals surface area contributed by atoms with E-state index in [9.17, 15) is 0 Å². The van der Waals surface area contributed by atoms with E-state index in [-0.39, 0.29) is 0 Å². The second kappa shape index (κ2) is 15.3. The minimum Gasteiger partial charge on any atom is -0.456 e. The van der Waals surface area contributed by atoms with Gasteiger partial charge in [0, 0.05) is 44.3 Å². The van der Waals surface area contributed by atoms with Crippen molar-refractivity contribution in [3.8, 4) is 50.2 Å². The fourth-order valence-corrected chi connectivity index (χ4v) is 9.26. The average Bonchev–Trinajstić information content (AvgIpc) is 3.90. The summed E-state index contributed by atoms with van der Waals surface area (Å²) in [6, 6.07) is 87.1. The zero-order valence-electron chi connectivity index (χ0n) is 34.4. The fourth-order valence-electron chi connectivity index (χ4n) is 9.26. The van der Waals surface area contributed by atoms with Crippen LogP contribution in [-0.2, 0) is 0 Å². The molecule has 2 heterocycles. The quantitative estimate of drug-likeness (QED) is 0.153. The molecule has 0 saturated carbocycles. The van der Waals surface area contributed by atoms with Gasteiger partial charge in [-0.25, -0.2) is 0 Å². The van der Waals surface area contributed by atoms with E-state index in [1.54, 1.807) is 0 Å². The highest BCUT2D eigenvalue weighted by molar-refractivity contribution is 6.11. The molecule has 296 valence electrons. The zero-order valence-corrected chi connectivity index (χ0v) is 34.4. The van der Waals surface area contributed by atoms with E-state index in [4.69, 9.17) is 4.42 Å². The van der Waals surface area contributed by atoms with E-state index in [1.165, 1.54) is 55.2 Å². The first-order chi connectivity index (χ1) is 31.2. The number of para-hydroxylation sites is 2. The van der Waals surface area contributed by atoms with Crippen molar-refractivity contribution in [1.29, 1.82) is 0 Å². The Kier molecular flexibility index (Phi) is 8.83. The van der Waals surface area contributed by atoms with Crippen molar-refractivity contribution in [2.45, 2.75) is 0 Å². The summed E-state index contributed by atoms with van der Waals surface area (Å²) in [6.07, 6.45) is 0. The van der Waals surface area contributed by atoms with Crippen LogP contribution in [0.5, 0.6) is 0 Å². The normalized spacial score (nSPS) is 11.5. The Morgan fingerprint density at radius 3 is 1.22 bits per heavy atom. The van der Waals surface area contributed by atoms with Crippen molar-refractivity contribution >= 4 is 60.8 Å².